The number of sulfonamides is 1. The zero-order chi connectivity index (χ0) is 13.1. The predicted octanol–water partition coefficient (Wildman–Crippen LogP) is 1.21. The Bertz CT molecular complexity index is 360. The molecule has 2 N–H and O–H groups in total. The molecule has 0 aromatic carbocycles. The summed E-state index contributed by atoms with van der Waals surface area (Å²) >= 11 is 0. The van der Waals surface area contributed by atoms with Gasteiger partial charge in [-0.2, -0.15) is 0 Å². The molecular formula is C11H21NO4S. The van der Waals surface area contributed by atoms with Gasteiger partial charge < -0.3 is 5.11 Å². The Balaban J connectivity index is 2.48. The van der Waals surface area contributed by atoms with Crippen LogP contribution in [0.4, 0.5) is 0 Å². The molecule has 1 fully saturated rings. The minimum atomic E-state index is -3.47. The molecule has 0 aliphatic heterocycles. The van der Waals surface area contributed by atoms with Gasteiger partial charge in [0.25, 0.3) is 0 Å². The number of hydrogen-bond donors (Lipinski definition) is 2. The summed E-state index contributed by atoms with van der Waals surface area (Å²) in [6.07, 6.45) is 4.02. The summed E-state index contributed by atoms with van der Waals surface area (Å²) < 4.78 is 25.7. The summed E-state index contributed by atoms with van der Waals surface area (Å²) in [7, 11) is -3.47. The van der Waals surface area contributed by atoms with Crippen molar-refractivity contribution in [3.8, 4) is 0 Å². The lowest BCUT2D eigenvalue weighted by Crippen LogP contribution is -2.45. The lowest BCUT2D eigenvalue weighted by molar-refractivity contribution is -0.140. The summed E-state index contributed by atoms with van der Waals surface area (Å²) in [5.74, 6) is -0.833. The van der Waals surface area contributed by atoms with E-state index >= 15 is 0 Å². The highest BCUT2D eigenvalue weighted by atomic mass is 32.2. The van der Waals surface area contributed by atoms with Gasteiger partial charge >= 0.3 is 5.97 Å². The molecule has 1 saturated carbocycles. The summed E-state index contributed by atoms with van der Waals surface area (Å²) in [6, 6.07) is -1.03. The van der Waals surface area contributed by atoms with Crippen LogP contribution in [-0.4, -0.2) is 31.3 Å². The maximum atomic E-state index is 11.7. The van der Waals surface area contributed by atoms with Gasteiger partial charge in [0.05, 0.1) is 5.75 Å². The van der Waals surface area contributed by atoms with Gasteiger partial charge in [-0.05, 0) is 18.3 Å². The summed E-state index contributed by atoms with van der Waals surface area (Å²) in [6.45, 7) is 3.38. The van der Waals surface area contributed by atoms with E-state index in [9.17, 15) is 13.2 Å². The average Bonchev–Trinajstić information content (AvgIpc) is 2.10. The van der Waals surface area contributed by atoms with E-state index < -0.39 is 22.0 Å². The van der Waals surface area contributed by atoms with Crippen LogP contribution in [0.2, 0.25) is 0 Å². The van der Waals surface area contributed by atoms with Crippen molar-refractivity contribution in [2.45, 2.75) is 45.6 Å². The molecule has 1 aliphatic rings. The van der Waals surface area contributed by atoms with Crippen LogP contribution in [0.5, 0.6) is 0 Å². The van der Waals surface area contributed by atoms with E-state index in [0.29, 0.717) is 12.3 Å². The lowest BCUT2D eigenvalue weighted by Gasteiger charge is -2.25. The van der Waals surface area contributed by atoms with Crippen molar-refractivity contribution in [2.75, 3.05) is 5.75 Å². The van der Waals surface area contributed by atoms with Crippen molar-refractivity contribution in [2.24, 2.45) is 11.8 Å². The van der Waals surface area contributed by atoms with Gasteiger partial charge in [0.15, 0.2) is 0 Å². The van der Waals surface area contributed by atoms with Crippen molar-refractivity contribution < 1.29 is 18.3 Å². The maximum absolute atomic E-state index is 11.7. The van der Waals surface area contributed by atoms with Crippen molar-refractivity contribution in [1.29, 1.82) is 0 Å². The second kappa shape index (κ2) is 5.82. The van der Waals surface area contributed by atoms with Crippen LogP contribution in [0.25, 0.3) is 0 Å². The van der Waals surface area contributed by atoms with Crippen molar-refractivity contribution >= 4 is 16.0 Å². The molecule has 0 saturated heterocycles. The monoisotopic (exact) mass is 263 g/mol. The van der Waals surface area contributed by atoms with Crippen molar-refractivity contribution in [3.05, 3.63) is 0 Å². The molecule has 1 atom stereocenters. The van der Waals surface area contributed by atoms with Gasteiger partial charge in [-0.3, -0.25) is 4.79 Å². The van der Waals surface area contributed by atoms with Gasteiger partial charge in [-0.15, -0.1) is 0 Å². The SMILES string of the molecule is CC(C)C(NS(=O)(=O)CCC1CCC1)C(=O)O. The molecule has 0 amide bonds. The molecule has 0 bridgehead atoms. The van der Waals surface area contributed by atoms with Crippen LogP contribution in [0.15, 0.2) is 0 Å². The van der Waals surface area contributed by atoms with Crippen molar-refractivity contribution in [1.82, 2.24) is 4.72 Å². The summed E-state index contributed by atoms with van der Waals surface area (Å²) in [5, 5.41) is 8.91. The van der Waals surface area contributed by atoms with Crippen LogP contribution >= 0.6 is 0 Å². The molecule has 5 nitrogen and oxygen atoms in total. The number of rotatable bonds is 7. The van der Waals surface area contributed by atoms with Crippen LogP contribution < -0.4 is 4.72 Å². The number of carboxylic acid groups (broad SMARTS) is 1. The van der Waals surface area contributed by atoms with E-state index in [1.807, 2.05) is 0 Å². The van der Waals surface area contributed by atoms with Gasteiger partial charge in [-0.25, -0.2) is 13.1 Å². The minimum absolute atomic E-state index is 0.0359. The zero-order valence-electron chi connectivity index (χ0n) is 10.3. The van der Waals surface area contributed by atoms with Gasteiger partial charge in [0.1, 0.15) is 6.04 Å². The molecule has 0 aromatic rings. The largest absolute Gasteiger partial charge is 0.480 e. The van der Waals surface area contributed by atoms with Crippen LogP contribution in [-0.2, 0) is 14.8 Å². The Morgan fingerprint density at radius 1 is 1.41 bits per heavy atom. The van der Waals surface area contributed by atoms with Gasteiger partial charge in [0.2, 0.25) is 10.0 Å². The molecular weight excluding hydrogens is 242 g/mol. The molecule has 0 heterocycles. The second-order valence-electron chi connectivity index (χ2n) is 5.08. The zero-order valence-corrected chi connectivity index (χ0v) is 11.2. The highest BCUT2D eigenvalue weighted by Gasteiger charge is 2.28. The van der Waals surface area contributed by atoms with Crippen LogP contribution in [0, 0.1) is 11.8 Å². The normalized spacial score (nSPS) is 19.0. The quantitative estimate of drug-likeness (QED) is 0.723. The highest BCUT2D eigenvalue weighted by molar-refractivity contribution is 7.89. The Kier molecular flexibility index (Phi) is 4.94. The van der Waals surface area contributed by atoms with E-state index in [-0.39, 0.29) is 11.7 Å². The molecule has 1 unspecified atom stereocenters. The van der Waals surface area contributed by atoms with Crippen molar-refractivity contribution in [3.63, 3.8) is 0 Å². The molecule has 0 spiro atoms. The number of aliphatic carboxylic acids is 1. The Hall–Kier alpha value is -0.620. The van der Waals surface area contributed by atoms with E-state index in [1.165, 1.54) is 6.42 Å². The summed E-state index contributed by atoms with van der Waals surface area (Å²) in [4.78, 5) is 10.9. The third kappa shape index (κ3) is 4.63. The maximum Gasteiger partial charge on any atom is 0.321 e. The highest BCUT2D eigenvalue weighted by Crippen LogP contribution is 2.29. The van der Waals surface area contributed by atoms with E-state index in [2.05, 4.69) is 4.72 Å². The fourth-order valence-corrected chi connectivity index (χ4v) is 3.35. The fourth-order valence-electron chi connectivity index (χ4n) is 1.83. The minimum Gasteiger partial charge on any atom is -0.480 e. The van der Waals surface area contributed by atoms with Crippen LogP contribution in [0.3, 0.4) is 0 Å². The molecule has 6 heteroatoms. The third-order valence-corrected chi connectivity index (χ3v) is 4.65. The number of carboxylic acids is 1. The Morgan fingerprint density at radius 3 is 2.35 bits per heavy atom. The first-order valence-corrected chi connectivity index (χ1v) is 7.70. The van der Waals surface area contributed by atoms with Crippen LogP contribution in [0.1, 0.15) is 39.5 Å². The van der Waals surface area contributed by atoms with Gasteiger partial charge in [-0.1, -0.05) is 33.1 Å². The first-order valence-electron chi connectivity index (χ1n) is 6.04. The topological polar surface area (TPSA) is 83.5 Å². The fraction of sp³-hybridized carbons (Fsp3) is 0.909. The average molecular weight is 263 g/mol. The molecule has 1 aliphatic carbocycles. The Morgan fingerprint density at radius 2 is 2.00 bits per heavy atom. The van der Waals surface area contributed by atoms with Gasteiger partial charge in [0, 0.05) is 0 Å². The number of nitrogens with one attached hydrogen (secondary N) is 1. The van der Waals surface area contributed by atoms with E-state index in [0.717, 1.165) is 12.8 Å². The Labute approximate surface area is 103 Å². The molecule has 0 aromatic heterocycles. The molecule has 17 heavy (non-hydrogen) atoms. The standard InChI is InChI=1S/C11H21NO4S/c1-8(2)10(11(13)14)12-17(15,16)7-6-9-4-3-5-9/h8-10,12H,3-7H2,1-2H3,(H,13,14). The number of hydrogen-bond acceptors (Lipinski definition) is 3. The lowest BCUT2D eigenvalue weighted by atomic mass is 9.84. The first kappa shape index (κ1) is 14.4. The first-order chi connectivity index (χ1) is 7.82. The predicted molar refractivity (Wildman–Crippen MR) is 65.1 cm³/mol. The molecule has 0 radical (unpaired) electrons. The third-order valence-electron chi connectivity index (χ3n) is 3.26. The number of carbonyl (C=O) groups is 1. The smallest absolute Gasteiger partial charge is 0.321 e. The summed E-state index contributed by atoms with van der Waals surface area (Å²) in [5.41, 5.74) is 0. The molecule has 100 valence electrons. The van der Waals surface area contributed by atoms with E-state index in [4.69, 9.17) is 5.11 Å². The molecule has 1 rings (SSSR count). The van der Waals surface area contributed by atoms with E-state index in [1.54, 1.807) is 13.8 Å². The second-order valence-corrected chi connectivity index (χ2v) is 6.96.